The maximum absolute atomic E-state index is 10.5. The Morgan fingerprint density at radius 3 is 2.85 bits per heavy atom. The van der Waals surface area contributed by atoms with Crippen molar-refractivity contribution in [1.29, 1.82) is 0 Å². The maximum atomic E-state index is 10.5. The zero-order chi connectivity index (χ0) is 9.68. The fourth-order valence-corrected chi connectivity index (χ4v) is 1.81. The molecule has 0 heterocycles. The quantitative estimate of drug-likeness (QED) is 0.650. The van der Waals surface area contributed by atoms with Gasteiger partial charge in [0.05, 0.1) is 6.42 Å². The van der Waals surface area contributed by atoms with E-state index in [9.17, 15) is 4.79 Å². The number of rotatable bonds is 4. The van der Waals surface area contributed by atoms with E-state index in [1.807, 2.05) is 0 Å². The van der Waals surface area contributed by atoms with Gasteiger partial charge in [0, 0.05) is 5.92 Å². The van der Waals surface area contributed by atoms with Crippen molar-refractivity contribution >= 4 is 5.97 Å². The van der Waals surface area contributed by atoms with E-state index in [1.54, 1.807) is 0 Å². The molecule has 1 atom stereocenters. The Kier molecular flexibility index (Phi) is 3.96. The first kappa shape index (κ1) is 10.3. The first-order chi connectivity index (χ1) is 6.24. The molecule has 1 rings (SSSR count). The van der Waals surface area contributed by atoms with Crippen LogP contribution in [0.3, 0.4) is 0 Å². The normalized spacial score (nSPS) is 19.3. The minimum Gasteiger partial charge on any atom is -0.481 e. The summed E-state index contributed by atoms with van der Waals surface area (Å²) in [5.74, 6) is -0.681. The highest BCUT2D eigenvalue weighted by atomic mass is 16.4. The van der Waals surface area contributed by atoms with E-state index >= 15 is 0 Å². The van der Waals surface area contributed by atoms with E-state index in [4.69, 9.17) is 10.8 Å². The molecule has 3 nitrogen and oxygen atoms in total. The largest absolute Gasteiger partial charge is 0.481 e. The van der Waals surface area contributed by atoms with Crippen LogP contribution in [0.5, 0.6) is 0 Å². The van der Waals surface area contributed by atoms with Crippen molar-refractivity contribution < 1.29 is 9.90 Å². The molecule has 3 heteroatoms. The van der Waals surface area contributed by atoms with Crippen molar-refractivity contribution in [3.05, 3.63) is 11.6 Å². The van der Waals surface area contributed by atoms with E-state index in [0.29, 0.717) is 6.54 Å². The van der Waals surface area contributed by atoms with Crippen molar-refractivity contribution in [2.24, 2.45) is 11.7 Å². The second kappa shape index (κ2) is 5.02. The fraction of sp³-hybridized carbons (Fsp3) is 0.700. The standard InChI is InChI=1S/C10H17NO2/c11-7-9(6-10(12)13)8-4-2-1-3-5-8/h4,9H,1-3,5-7,11H2,(H,12,13). The summed E-state index contributed by atoms with van der Waals surface area (Å²) in [4.78, 5) is 10.5. The number of allylic oxidation sites excluding steroid dienone is 1. The van der Waals surface area contributed by atoms with Gasteiger partial charge in [-0.1, -0.05) is 11.6 Å². The number of nitrogens with two attached hydrogens (primary N) is 1. The van der Waals surface area contributed by atoms with Crippen LogP contribution < -0.4 is 5.73 Å². The molecule has 0 aliphatic heterocycles. The molecule has 0 bridgehead atoms. The van der Waals surface area contributed by atoms with Gasteiger partial charge in [-0.2, -0.15) is 0 Å². The lowest BCUT2D eigenvalue weighted by molar-refractivity contribution is -0.137. The Balaban J connectivity index is 2.53. The molecular weight excluding hydrogens is 166 g/mol. The fourth-order valence-electron chi connectivity index (χ4n) is 1.81. The highest BCUT2D eigenvalue weighted by Gasteiger charge is 2.17. The molecule has 0 amide bonds. The van der Waals surface area contributed by atoms with Crippen molar-refractivity contribution in [1.82, 2.24) is 0 Å². The second-order valence-corrected chi connectivity index (χ2v) is 3.56. The summed E-state index contributed by atoms with van der Waals surface area (Å²) in [5, 5.41) is 8.66. The van der Waals surface area contributed by atoms with Crippen LogP contribution in [0.4, 0.5) is 0 Å². The van der Waals surface area contributed by atoms with Crippen LogP contribution in [-0.4, -0.2) is 17.6 Å². The monoisotopic (exact) mass is 183 g/mol. The summed E-state index contributed by atoms with van der Waals surface area (Å²) in [6.45, 7) is 0.456. The molecule has 1 aliphatic rings. The van der Waals surface area contributed by atoms with E-state index in [0.717, 1.165) is 12.8 Å². The van der Waals surface area contributed by atoms with Crippen LogP contribution >= 0.6 is 0 Å². The molecule has 1 unspecified atom stereocenters. The third kappa shape index (κ3) is 3.19. The lowest BCUT2D eigenvalue weighted by atomic mass is 9.87. The molecular formula is C10H17NO2. The highest BCUT2D eigenvalue weighted by molar-refractivity contribution is 5.67. The van der Waals surface area contributed by atoms with Crippen molar-refractivity contribution in [2.45, 2.75) is 32.1 Å². The average Bonchev–Trinajstić information content (AvgIpc) is 2.15. The van der Waals surface area contributed by atoms with Gasteiger partial charge in [0.15, 0.2) is 0 Å². The van der Waals surface area contributed by atoms with Gasteiger partial charge in [-0.25, -0.2) is 0 Å². The molecule has 1 aliphatic carbocycles. The Morgan fingerprint density at radius 1 is 1.62 bits per heavy atom. The zero-order valence-electron chi connectivity index (χ0n) is 7.83. The molecule has 0 aromatic carbocycles. The Morgan fingerprint density at radius 2 is 2.38 bits per heavy atom. The van der Waals surface area contributed by atoms with Gasteiger partial charge in [-0.05, 0) is 32.2 Å². The predicted octanol–water partition coefficient (Wildman–Crippen LogP) is 1.54. The van der Waals surface area contributed by atoms with E-state index in [1.165, 1.54) is 18.4 Å². The zero-order valence-corrected chi connectivity index (χ0v) is 7.83. The molecule has 0 saturated carbocycles. The molecule has 13 heavy (non-hydrogen) atoms. The Labute approximate surface area is 78.6 Å². The molecule has 0 spiro atoms. The van der Waals surface area contributed by atoms with Gasteiger partial charge in [0.25, 0.3) is 0 Å². The molecule has 74 valence electrons. The first-order valence-electron chi connectivity index (χ1n) is 4.85. The molecule has 0 saturated heterocycles. The number of carbonyl (C=O) groups is 1. The summed E-state index contributed by atoms with van der Waals surface area (Å²) in [6.07, 6.45) is 6.89. The summed E-state index contributed by atoms with van der Waals surface area (Å²) >= 11 is 0. The summed E-state index contributed by atoms with van der Waals surface area (Å²) in [7, 11) is 0. The SMILES string of the molecule is NCC(CC(=O)O)C1=CCCCC1. The Bertz CT molecular complexity index is 211. The highest BCUT2D eigenvalue weighted by Crippen LogP contribution is 2.25. The third-order valence-electron chi connectivity index (χ3n) is 2.56. The van der Waals surface area contributed by atoms with Gasteiger partial charge < -0.3 is 10.8 Å². The van der Waals surface area contributed by atoms with Crippen LogP contribution in [-0.2, 0) is 4.79 Å². The average molecular weight is 183 g/mol. The van der Waals surface area contributed by atoms with Crippen LogP contribution in [0.25, 0.3) is 0 Å². The maximum Gasteiger partial charge on any atom is 0.304 e. The summed E-state index contributed by atoms with van der Waals surface area (Å²) < 4.78 is 0. The van der Waals surface area contributed by atoms with Crippen molar-refractivity contribution in [3.63, 3.8) is 0 Å². The number of carboxylic acid groups (broad SMARTS) is 1. The molecule has 0 aromatic rings. The summed E-state index contributed by atoms with van der Waals surface area (Å²) in [6, 6.07) is 0. The third-order valence-corrected chi connectivity index (χ3v) is 2.56. The minimum absolute atomic E-state index is 0.0674. The van der Waals surface area contributed by atoms with Gasteiger partial charge >= 0.3 is 5.97 Å². The Hall–Kier alpha value is -0.830. The number of hydrogen-bond donors (Lipinski definition) is 2. The van der Waals surface area contributed by atoms with E-state index in [2.05, 4.69) is 6.08 Å². The number of aliphatic carboxylic acids is 1. The van der Waals surface area contributed by atoms with Gasteiger partial charge in [0.2, 0.25) is 0 Å². The van der Waals surface area contributed by atoms with Crippen LogP contribution in [0, 0.1) is 5.92 Å². The lowest BCUT2D eigenvalue weighted by Crippen LogP contribution is -2.21. The van der Waals surface area contributed by atoms with Crippen LogP contribution in [0.2, 0.25) is 0 Å². The van der Waals surface area contributed by atoms with E-state index < -0.39 is 5.97 Å². The second-order valence-electron chi connectivity index (χ2n) is 3.56. The smallest absolute Gasteiger partial charge is 0.304 e. The predicted molar refractivity (Wildman–Crippen MR) is 51.3 cm³/mol. The molecule has 0 aromatic heterocycles. The van der Waals surface area contributed by atoms with Gasteiger partial charge in [0.1, 0.15) is 0 Å². The van der Waals surface area contributed by atoms with Crippen LogP contribution in [0.15, 0.2) is 11.6 Å². The molecule has 3 N–H and O–H groups in total. The molecule has 0 fully saturated rings. The lowest BCUT2D eigenvalue weighted by Gasteiger charge is -2.20. The van der Waals surface area contributed by atoms with Gasteiger partial charge in [-0.3, -0.25) is 4.79 Å². The van der Waals surface area contributed by atoms with Crippen LogP contribution in [0.1, 0.15) is 32.1 Å². The van der Waals surface area contributed by atoms with E-state index in [-0.39, 0.29) is 12.3 Å². The topological polar surface area (TPSA) is 63.3 Å². The number of carboxylic acids is 1. The van der Waals surface area contributed by atoms with Crippen molar-refractivity contribution in [3.8, 4) is 0 Å². The first-order valence-corrected chi connectivity index (χ1v) is 4.85. The minimum atomic E-state index is -0.748. The van der Waals surface area contributed by atoms with Gasteiger partial charge in [-0.15, -0.1) is 0 Å². The number of hydrogen-bond acceptors (Lipinski definition) is 2. The molecule has 0 radical (unpaired) electrons. The van der Waals surface area contributed by atoms with Crippen molar-refractivity contribution in [2.75, 3.05) is 6.54 Å². The summed E-state index contributed by atoms with van der Waals surface area (Å²) in [5.41, 5.74) is 6.81.